The van der Waals surface area contributed by atoms with Crippen LogP contribution in [-0.4, -0.2) is 57.9 Å². The van der Waals surface area contributed by atoms with E-state index >= 15 is 0 Å². The number of nitrogens with two attached hydrogens (primary N) is 2. The van der Waals surface area contributed by atoms with Gasteiger partial charge in [-0.3, -0.25) is 9.45 Å². The first-order chi connectivity index (χ1) is 17.0. The van der Waals surface area contributed by atoms with E-state index in [-0.39, 0.29) is 30.9 Å². The molecule has 1 heterocycles. The second-order valence-corrected chi connectivity index (χ2v) is 11.4. The van der Waals surface area contributed by atoms with Gasteiger partial charge in [-0.1, -0.05) is 11.6 Å². The Labute approximate surface area is 219 Å². The molecule has 0 saturated heterocycles. The van der Waals surface area contributed by atoms with E-state index in [4.69, 9.17) is 37.1 Å². The SMILES string of the molecule is CC1(C)N=C(N)N=C(N)N1c1ccc(OCCOc2ccc(S(=O)(=O)F)cc2)c(Cl)c1.CCS(=O)(=O)O. The highest BCUT2D eigenvalue weighted by atomic mass is 35.5. The Morgan fingerprint density at radius 2 is 1.62 bits per heavy atom. The van der Waals surface area contributed by atoms with E-state index in [0.717, 1.165) is 12.1 Å². The van der Waals surface area contributed by atoms with E-state index in [2.05, 4.69) is 9.98 Å². The summed E-state index contributed by atoms with van der Waals surface area (Å²) in [6.07, 6.45) is 0. The average Bonchev–Trinajstić information content (AvgIpc) is 2.76. The third kappa shape index (κ3) is 9.03. The van der Waals surface area contributed by atoms with E-state index in [1.54, 1.807) is 23.1 Å². The van der Waals surface area contributed by atoms with Crippen LogP contribution in [0, 0.1) is 0 Å². The van der Waals surface area contributed by atoms with Gasteiger partial charge in [-0.2, -0.15) is 21.8 Å². The number of rotatable bonds is 8. The minimum atomic E-state index is -4.74. The third-order valence-corrected chi connectivity index (χ3v) is 6.51. The largest absolute Gasteiger partial charge is 0.490 e. The quantitative estimate of drug-likeness (QED) is 0.238. The number of halogens is 2. The van der Waals surface area contributed by atoms with Crippen LogP contribution < -0.4 is 25.8 Å². The maximum atomic E-state index is 12.9. The molecule has 0 fully saturated rings. The standard InChI is InChI=1S/C19H21ClFN5O4S.C2H6O3S/c1-19(2)25-17(22)24-18(23)26(19)12-3-8-16(15(20)11-12)30-10-9-29-13-4-6-14(7-5-13)31(21,27)28;1-2-6(3,4)5/h3-8,11H,9-10H2,1-2H3,(H4,22,23,24,25);2H2,1H3,(H,3,4,5). The molecule has 0 aromatic heterocycles. The summed E-state index contributed by atoms with van der Waals surface area (Å²) in [7, 11) is -8.40. The molecule has 0 aliphatic carbocycles. The maximum absolute atomic E-state index is 12.9. The van der Waals surface area contributed by atoms with Crippen LogP contribution in [0.15, 0.2) is 57.3 Å². The van der Waals surface area contributed by atoms with Crippen molar-refractivity contribution in [3.05, 3.63) is 47.5 Å². The second kappa shape index (κ2) is 11.9. The summed E-state index contributed by atoms with van der Waals surface area (Å²) < 4.78 is 72.5. The smallest absolute Gasteiger partial charge is 0.332 e. The Kier molecular flexibility index (Phi) is 9.71. The van der Waals surface area contributed by atoms with Crippen molar-refractivity contribution in [2.24, 2.45) is 21.5 Å². The highest BCUT2D eigenvalue weighted by molar-refractivity contribution is 7.86. The molecule has 1 aliphatic rings. The number of aliphatic imine (C=N–C) groups is 2. The van der Waals surface area contributed by atoms with Crippen molar-refractivity contribution < 1.29 is 34.7 Å². The molecule has 2 aromatic rings. The summed E-state index contributed by atoms with van der Waals surface area (Å²) in [6, 6.07) is 10.1. The maximum Gasteiger partial charge on any atom is 0.332 e. The average molecular weight is 580 g/mol. The van der Waals surface area contributed by atoms with Crippen molar-refractivity contribution in [1.82, 2.24) is 0 Å². The molecule has 1 aliphatic heterocycles. The van der Waals surface area contributed by atoms with Crippen LogP contribution in [0.4, 0.5) is 9.57 Å². The zero-order valence-corrected chi connectivity index (χ0v) is 22.5. The number of benzene rings is 2. The van der Waals surface area contributed by atoms with Gasteiger partial charge in [0.15, 0.2) is 0 Å². The summed E-state index contributed by atoms with van der Waals surface area (Å²) in [5.41, 5.74) is 11.6. The minimum Gasteiger partial charge on any atom is -0.490 e. The molecule has 0 radical (unpaired) electrons. The fraction of sp³-hybridized carbons (Fsp3) is 0.333. The Morgan fingerprint density at radius 1 is 1.05 bits per heavy atom. The lowest BCUT2D eigenvalue weighted by atomic mass is 10.1. The van der Waals surface area contributed by atoms with Crippen molar-refractivity contribution in [2.75, 3.05) is 23.9 Å². The molecule has 3 rings (SSSR count). The number of guanidine groups is 2. The fourth-order valence-electron chi connectivity index (χ4n) is 3.01. The van der Waals surface area contributed by atoms with Crippen molar-refractivity contribution in [2.45, 2.75) is 31.3 Å². The van der Waals surface area contributed by atoms with Crippen molar-refractivity contribution in [1.29, 1.82) is 0 Å². The lowest BCUT2D eigenvalue weighted by Gasteiger charge is -2.38. The number of nitrogens with zero attached hydrogens (tertiary/aromatic N) is 3. The predicted octanol–water partition coefficient (Wildman–Crippen LogP) is 2.54. The number of hydrogen-bond acceptors (Lipinski definition) is 11. The van der Waals surface area contributed by atoms with Crippen molar-refractivity contribution in [3.63, 3.8) is 0 Å². The van der Waals surface area contributed by atoms with Gasteiger partial charge in [-0.05, 0) is 63.2 Å². The fourth-order valence-corrected chi connectivity index (χ4v) is 3.70. The summed E-state index contributed by atoms with van der Waals surface area (Å²) in [4.78, 5) is 9.56. The number of ether oxygens (including phenoxy) is 2. The van der Waals surface area contributed by atoms with Gasteiger partial charge < -0.3 is 20.9 Å². The molecule has 0 saturated carbocycles. The molecular weight excluding hydrogens is 553 g/mol. The normalized spacial score (nSPS) is 15.1. The van der Waals surface area contributed by atoms with Gasteiger partial charge >= 0.3 is 10.2 Å². The molecule has 12 nitrogen and oxygen atoms in total. The molecule has 0 atom stereocenters. The van der Waals surface area contributed by atoms with Gasteiger partial charge in [0.05, 0.1) is 15.7 Å². The summed E-state index contributed by atoms with van der Waals surface area (Å²) in [5, 5.41) is 0.348. The van der Waals surface area contributed by atoms with Gasteiger partial charge in [0.1, 0.15) is 30.4 Å². The van der Waals surface area contributed by atoms with Gasteiger partial charge in [0.25, 0.3) is 10.1 Å². The molecule has 0 unspecified atom stereocenters. The van der Waals surface area contributed by atoms with E-state index < -0.39 is 30.9 Å². The summed E-state index contributed by atoms with van der Waals surface area (Å²) in [6.45, 7) is 5.38. The third-order valence-electron chi connectivity index (χ3n) is 4.65. The highest BCUT2D eigenvalue weighted by Gasteiger charge is 2.33. The number of hydrogen-bond donors (Lipinski definition) is 3. The molecule has 204 valence electrons. The van der Waals surface area contributed by atoms with Crippen molar-refractivity contribution >= 4 is 49.5 Å². The molecule has 0 amide bonds. The Hall–Kier alpha value is -3.14. The van der Waals surface area contributed by atoms with Gasteiger partial charge in [-0.15, -0.1) is 3.89 Å². The van der Waals surface area contributed by atoms with Crippen LogP contribution in [0.5, 0.6) is 11.5 Å². The first-order valence-electron chi connectivity index (χ1n) is 10.6. The lowest BCUT2D eigenvalue weighted by molar-refractivity contribution is 0.217. The highest BCUT2D eigenvalue weighted by Crippen LogP contribution is 2.33. The molecule has 37 heavy (non-hydrogen) atoms. The monoisotopic (exact) mass is 579 g/mol. The molecule has 0 bridgehead atoms. The molecule has 16 heteroatoms. The first kappa shape index (κ1) is 30.1. The molecule has 0 spiro atoms. The first-order valence-corrected chi connectivity index (χ1v) is 14.0. The summed E-state index contributed by atoms with van der Waals surface area (Å²) >= 11 is 6.35. The van der Waals surface area contributed by atoms with Gasteiger partial charge in [-0.25, -0.2) is 4.99 Å². The van der Waals surface area contributed by atoms with Gasteiger partial charge in [0.2, 0.25) is 11.9 Å². The van der Waals surface area contributed by atoms with Crippen LogP contribution in [0.3, 0.4) is 0 Å². The Balaban J connectivity index is 0.000000717. The molecule has 5 N–H and O–H groups in total. The Morgan fingerprint density at radius 3 is 2.11 bits per heavy atom. The zero-order chi connectivity index (χ0) is 28.0. The number of anilines is 1. The van der Waals surface area contributed by atoms with Crippen LogP contribution in [-0.2, 0) is 20.3 Å². The van der Waals surface area contributed by atoms with Gasteiger partial charge in [0, 0.05) is 5.69 Å². The van der Waals surface area contributed by atoms with E-state index in [0.29, 0.717) is 22.2 Å². The van der Waals surface area contributed by atoms with E-state index in [9.17, 15) is 20.7 Å². The molecule has 2 aromatic carbocycles. The summed E-state index contributed by atoms with van der Waals surface area (Å²) in [5.74, 6) is 0.904. The van der Waals surface area contributed by atoms with Crippen LogP contribution in [0.1, 0.15) is 20.8 Å². The van der Waals surface area contributed by atoms with Crippen molar-refractivity contribution in [3.8, 4) is 11.5 Å². The molecular formula is C21H27ClFN5O7S2. The minimum absolute atomic E-state index is 0.103. The topological polar surface area (TPSA) is 187 Å². The van der Waals surface area contributed by atoms with Crippen LogP contribution in [0.2, 0.25) is 5.02 Å². The van der Waals surface area contributed by atoms with E-state index in [1.165, 1.54) is 19.1 Å². The predicted molar refractivity (Wildman–Crippen MR) is 139 cm³/mol. The lowest BCUT2D eigenvalue weighted by Crippen LogP contribution is -2.54. The van der Waals surface area contributed by atoms with Crippen LogP contribution >= 0.6 is 11.6 Å². The van der Waals surface area contributed by atoms with E-state index in [1.807, 2.05) is 13.8 Å². The zero-order valence-electron chi connectivity index (χ0n) is 20.1. The van der Waals surface area contributed by atoms with Crippen LogP contribution in [0.25, 0.3) is 0 Å². The second-order valence-electron chi connectivity index (χ2n) is 7.86. The Bertz CT molecular complexity index is 1380.